The van der Waals surface area contributed by atoms with Crippen molar-refractivity contribution in [3.63, 3.8) is 0 Å². The molecule has 0 bridgehead atoms. The number of carbonyl (C=O) groups excluding carboxylic acids is 1. The summed E-state index contributed by atoms with van der Waals surface area (Å²) in [6, 6.07) is 31.5. The third kappa shape index (κ3) is 3.81. The lowest BCUT2D eigenvalue weighted by atomic mass is 10.2. The fourth-order valence-electron chi connectivity index (χ4n) is 3.86. The second-order valence-electron chi connectivity index (χ2n) is 7.10. The summed E-state index contributed by atoms with van der Waals surface area (Å²) in [5.41, 5.74) is 0. The zero-order valence-electron chi connectivity index (χ0n) is 16.5. The molecule has 4 heteroatoms. The normalized spacial score (nSPS) is 19.4. The molecule has 0 aromatic heterocycles. The monoisotopic (exact) mass is 404 g/mol. The van der Waals surface area contributed by atoms with Crippen molar-refractivity contribution in [2.24, 2.45) is 0 Å². The van der Waals surface area contributed by atoms with Crippen LogP contribution in [0.5, 0.6) is 0 Å². The third-order valence-electron chi connectivity index (χ3n) is 5.31. The molecule has 0 spiro atoms. The number of esters is 1. The molecular formula is C25H25O3P. The first kappa shape index (κ1) is 19.7. The third-order valence-corrected chi connectivity index (χ3v) is 9.43. The van der Waals surface area contributed by atoms with Crippen LogP contribution in [0.4, 0.5) is 0 Å². The Kier molecular flexibility index (Phi) is 5.71. The molecule has 0 aliphatic carbocycles. The summed E-state index contributed by atoms with van der Waals surface area (Å²) < 4.78 is 12.0. The Labute approximate surface area is 172 Å². The van der Waals surface area contributed by atoms with Gasteiger partial charge in [0.05, 0.1) is 13.0 Å². The van der Waals surface area contributed by atoms with Crippen molar-refractivity contribution in [1.29, 1.82) is 0 Å². The number of benzene rings is 3. The first-order chi connectivity index (χ1) is 14.2. The lowest BCUT2D eigenvalue weighted by Crippen LogP contribution is -2.46. The topological polar surface area (TPSA) is 35.5 Å². The first-order valence-corrected chi connectivity index (χ1v) is 11.8. The lowest BCUT2D eigenvalue weighted by Gasteiger charge is -2.38. The van der Waals surface area contributed by atoms with E-state index in [1.165, 1.54) is 15.9 Å². The Morgan fingerprint density at radius 2 is 1.28 bits per heavy atom. The van der Waals surface area contributed by atoms with Crippen molar-refractivity contribution in [1.82, 2.24) is 0 Å². The number of rotatable bonds is 5. The largest absolute Gasteiger partial charge is 0.429 e. The molecule has 1 aliphatic heterocycles. The maximum Gasteiger partial charge on any atom is 0.310 e. The van der Waals surface area contributed by atoms with Crippen LogP contribution < -0.4 is 15.9 Å². The van der Waals surface area contributed by atoms with Crippen molar-refractivity contribution in [2.45, 2.75) is 25.6 Å². The van der Waals surface area contributed by atoms with E-state index < -0.39 is 12.7 Å². The molecule has 148 valence electrons. The van der Waals surface area contributed by atoms with Crippen LogP contribution in [0.15, 0.2) is 91.0 Å². The predicted molar refractivity (Wildman–Crippen MR) is 121 cm³/mol. The van der Waals surface area contributed by atoms with Gasteiger partial charge in [0, 0.05) is 6.42 Å². The number of cyclic esters (lactones) is 1. The van der Waals surface area contributed by atoms with Crippen LogP contribution in [-0.2, 0) is 14.3 Å². The molecule has 3 aromatic rings. The van der Waals surface area contributed by atoms with Crippen LogP contribution in [0.25, 0.3) is 0 Å². The fourth-order valence-corrected chi connectivity index (χ4v) is 8.03. The number of hydrogen-bond acceptors (Lipinski definition) is 3. The summed E-state index contributed by atoms with van der Waals surface area (Å²) in [5.74, 6) is 0.948. The van der Waals surface area contributed by atoms with Crippen molar-refractivity contribution in [3.05, 3.63) is 91.0 Å². The molecule has 1 aliphatic rings. The van der Waals surface area contributed by atoms with E-state index in [9.17, 15) is 4.79 Å². The Morgan fingerprint density at radius 1 is 0.828 bits per heavy atom. The van der Waals surface area contributed by atoms with Gasteiger partial charge in [-0.2, -0.15) is 0 Å². The highest BCUT2D eigenvalue weighted by molar-refractivity contribution is 7.94. The number of hydrogen-bond donors (Lipinski definition) is 0. The van der Waals surface area contributed by atoms with E-state index in [0.717, 1.165) is 0 Å². The minimum absolute atomic E-state index is 0.207. The van der Waals surface area contributed by atoms with E-state index in [4.69, 9.17) is 9.47 Å². The molecule has 3 nitrogen and oxygen atoms in total. The van der Waals surface area contributed by atoms with E-state index in [-0.39, 0.29) is 5.97 Å². The van der Waals surface area contributed by atoms with Gasteiger partial charge in [-0.3, -0.25) is 4.79 Å². The van der Waals surface area contributed by atoms with Gasteiger partial charge in [0.25, 0.3) is 0 Å². The zero-order valence-corrected chi connectivity index (χ0v) is 17.4. The zero-order chi connectivity index (χ0) is 20.2. The molecule has 4 rings (SSSR count). The van der Waals surface area contributed by atoms with Crippen LogP contribution in [-0.4, -0.2) is 24.2 Å². The van der Waals surface area contributed by atoms with Crippen molar-refractivity contribution >= 4 is 34.6 Å². The van der Waals surface area contributed by atoms with Crippen molar-refractivity contribution in [2.75, 3.05) is 6.61 Å². The van der Waals surface area contributed by atoms with Crippen LogP contribution in [0.1, 0.15) is 19.8 Å². The second-order valence-corrected chi connectivity index (χ2v) is 10.3. The van der Waals surface area contributed by atoms with Gasteiger partial charge in [0.1, 0.15) is 0 Å². The summed E-state index contributed by atoms with van der Waals surface area (Å²) in [5, 5.41) is 3.61. The minimum atomic E-state index is -2.26. The Bertz CT molecular complexity index is 912. The van der Waals surface area contributed by atoms with E-state index in [2.05, 4.69) is 78.6 Å². The Morgan fingerprint density at radius 3 is 1.66 bits per heavy atom. The molecule has 1 saturated heterocycles. The summed E-state index contributed by atoms with van der Waals surface area (Å²) in [4.78, 5) is 12.2. The summed E-state index contributed by atoms with van der Waals surface area (Å²) in [6.07, 6.45) is 0.857. The standard InChI is InChI=1S/C25H25O3P/c1-2-25(27-19-18-24(26)28-25)20-29(21-12-6-3-7-13-21,22-14-8-4-9-15-22)23-16-10-5-11-17-23/h3-17,20H,2,18-19H2,1H3. The molecule has 0 saturated carbocycles. The lowest BCUT2D eigenvalue weighted by molar-refractivity contribution is -0.219. The van der Waals surface area contributed by atoms with E-state index in [0.29, 0.717) is 19.4 Å². The highest BCUT2D eigenvalue weighted by Gasteiger charge is 2.39. The molecule has 0 amide bonds. The van der Waals surface area contributed by atoms with Gasteiger partial charge in [0.15, 0.2) is 0 Å². The van der Waals surface area contributed by atoms with Gasteiger partial charge in [-0.05, 0) is 28.6 Å². The van der Waals surface area contributed by atoms with Gasteiger partial charge in [-0.1, -0.05) is 97.9 Å². The van der Waals surface area contributed by atoms with Gasteiger partial charge < -0.3 is 9.47 Å². The fraction of sp³-hybridized carbons (Fsp3) is 0.200. The highest BCUT2D eigenvalue weighted by Crippen LogP contribution is 2.46. The number of carbonyl (C=O) groups is 1. The smallest absolute Gasteiger partial charge is 0.310 e. The maximum absolute atomic E-state index is 12.2. The molecule has 3 aromatic carbocycles. The van der Waals surface area contributed by atoms with E-state index in [1.807, 2.05) is 25.1 Å². The Hall–Kier alpha value is -2.61. The first-order valence-electron chi connectivity index (χ1n) is 9.97. The average molecular weight is 404 g/mol. The molecule has 0 radical (unpaired) electrons. The maximum atomic E-state index is 12.2. The number of ether oxygens (including phenoxy) is 2. The average Bonchev–Trinajstić information content (AvgIpc) is 2.79. The summed E-state index contributed by atoms with van der Waals surface area (Å²) in [7, 11) is 0. The van der Waals surface area contributed by atoms with E-state index in [1.54, 1.807) is 0 Å². The molecule has 1 fully saturated rings. The molecule has 0 N–H and O–H groups in total. The second kappa shape index (κ2) is 8.41. The summed E-state index contributed by atoms with van der Waals surface area (Å²) in [6.45, 7) is 0.124. The molecular weight excluding hydrogens is 379 g/mol. The van der Waals surface area contributed by atoms with Crippen molar-refractivity contribution in [3.8, 4) is 0 Å². The quantitative estimate of drug-likeness (QED) is 0.479. The van der Waals surface area contributed by atoms with Crippen LogP contribution in [0, 0.1) is 0 Å². The van der Waals surface area contributed by atoms with Crippen LogP contribution in [0.3, 0.4) is 0 Å². The van der Waals surface area contributed by atoms with Gasteiger partial charge in [-0.25, -0.2) is 0 Å². The summed E-state index contributed by atoms with van der Waals surface area (Å²) >= 11 is 0. The SMILES string of the molecule is CCC1(C=P(c2ccccc2)(c2ccccc2)c2ccccc2)OCCC(=O)O1. The van der Waals surface area contributed by atoms with E-state index >= 15 is 0 Å². The van der Waals surface area contributed by atoms with Gasteiger partial charge in [0.2, 0.25) is 5.79 Å². The minimum Gasteiger partial charge on any atom is -0.429 e. The van der Waals surface area contributed by atoms with Crippen LogP contribution >= 0.6 is 6.89 Å². The molecule has 29 heavy (non-hydrogen) atoms. The van der Waals surface area contributed by atoms with Gasteiger partial charge in [-0.15, -0.1) is 0 Å². The highest BCUT2D eigenvalue weighted by atomic mass is 31.2. The van der Waals surface area contributed by atoms with Crippen LogP contribution in [0.2, 0.25) is 0 Å². The Balaban J connectivity index is 2.09. The molecule has 1 heterocycles. The predicted octanol–water partition coefficient (Wildman–Crippen LogP) is 3.85. The van der Waals surface area contributed by atoms with Gasteiger partial charge >= 0.3 is 5.97 Å². The van der Waals surface area contributed by atoms with Crippen molar-refractivity contribution < 1.29 is 14.3 Å². The molecule has 1 unspecified atom stereocenters. The molecule has 1 atom stereocenters.